The van der Waals surface area contributed by atoms with Gasteiger partial charge in [0.1, 0.15) is 0 Å². The first-order valence-corrected chi connectivity index (χ1v) is 6.70. The fraction of sp³-hybridized carbons (Fsp3) is 0.857. The zero-order valence-electron chi connectivity index (χ0n) is 11.4. The number of carbonyl (C=O) groups is 2. The van der Waals surface area contributed by atoms with Crippen molar-refractivity contribution < 1.29 is 19.1 Å². The highest BCUT2D eigenvalue weighted by molar-refractivity contribution is 5.66. The topological polar surface area (TPSA) is 52.6 Å². The van der Waals surface area contributed by atoms with Crippen molar-refractivity contribution in [1.82, 2.24) is 0 Å². The Kier molecular flexibility index (Phi) is 3.64. The van der Waals surface area contributed by atoms with Gasteiger partial charge in [0.15, 0.2) is 0 Å². The van der Waals surface area contributed by atoms with Gasteiger partial charge in [-0.15, -0.1) is 0 Å². The lowest BCUT2D eigenvalue weighted by molar-refractivity contribution is -0.152. The van der Waals surface area contributed by atoms with Crippen LogP contribution in [0.4, 0.5) is 0 Å². The third kappa shape index (κ3) is 2.38. The second-order valence-electron chi connectivity index (χ2n) is 5.97. The Balaban J connectivity index is 2.04. The van der Waals surface area contributed by atoms with Crippen LogP contribution < -0.4 is 0 Å². The van der Waals surface area contributed by atoms with E-state index in [-0.39, 0.29) is 17.4 Å². The minimum Gasteiger partial charge on any atom is -0.466 e. The van der Waals surface area contributed by atoms with Gasteiger partial charge >= 0.3 is 11.9 Å². The van der Waals surface area contributed by atoms with Gasteiger partial charge < -0.3 is 9.47 Å². The van der Waals surface area contributed by atoms with E-state index in [4.69, 9.17) is 9.47 Å². The molecule has 0 saturated heterocycles. The summed E-state index contributed by atoms with van der Waals surface area (Å²) in [4.78, 5) is 22.0. The van der Waals surface area contributed by atoms with Gasteiger partial charge in [-0.3, -0.25) is 9.59 Å². The van der Waals surface area contributed by atoms with Crippen LogP contribution in [-0.2, 0) is 19.1 Å². The number of rotatable bonds is 4. The molecule has 0 aliphatic heterocycles. The van der Waals surface area contributed by atoms with Crippen LogP contribution in [0.2, 0.25) is 0 Å². The van der Waals surface area contributed by atoms with Crippen molar-refractivity contribution in [1.29, 1.82) is 0 Å². The third-order valence-electron chi connectivity index (χ3n) is 4.87. The van der Waals surface area contributed by atoms with Crippen molar-refractivity contribution in [2.75, 3.05) is 13.2 Å². The Morgan fingerprint density at radius 2 is 1.83 bits per heavy atom. The summed E-state index contributed by atoms with van der Waals surface area (Å²) in [5.74, 6) is 1.09. The lowest BCUT2D eigenvalue weighted by atomic mass is 9.68. The van der Waals surface area contributed by atoms with Gasteiger partial charge in [0.2, 0.25) is 0 Å². The Labute approximate surface area is 108 Å². The van der Waals surface area contributed by atoms with Crippen molar-refractivity contribution in [3.8, 4) is 0 Å². The number of hydrogen-bond donors (Lipinski definition) is 0. The summed E-state index contributed by atoms with van der Waals surface area (Å²) in [5.41, 5.74) is -0.0238. The average Bonchev–Trinajstić information content (AvgIpc) is 2.84. The molecule has 0 heterocycles. The zero-order valence-corrected chi connectivity index (χ0v) is 11.4. The third-order valence-corrected chi connectivity index (χ3v) is 4.87. The van der Waals surface area contributed by atoms with Gasteiger partial charge in [0.05, 0.1) is 13.2 Å². The Bertz CT molecular complexity index is 352. The van der Waals surface area contributed by atoms with Gasteiger partial charge in [0.25, 0.3) is 0 Å². The van der Waals surface area contributed by atoms with E-state index in [0.717, 1.165) is 0 Å². The van der Waals surface area contributed by atoms with Crippen LogP contribution in [0.25, 0.3) is 0 Å². The highest BCUT2D eigenvalue weighted by Gasteiger charge is 2.56. The number of ether oxygens (including phenoxy) is 2. The normalized spacial score (nSPS) is 37.6. The van der Waals surface area contributed by atoms with E-state index < -0.39 is 0 Å². The molecule has 2 rings (SSSR count). The molecule has 2 saturated carbocycles. The summed E-state index contributed by atoms with van der Waals surface area (Å²) in [5, 5.41) is 0. The lowest BCUT2D eigenvalue weighted by Crippen LogP contribution is -2.41. The molecule has 0 radical (unpaired) electrons. The monoisotopic (exact) mass is 254 g/mol. The first-order chi connectivity index (χ1) is 8.43. The molecule has 0 aromatic rings. The first kappa shape index (κ1) is 13.4. The number of esters is 2. The molecule has 18 heavy (non-hydrogen) atoms. The molecular weight excluding hydrogens is 232 g/mol. The van der Waals surface area contributed by atoms with Crippen LogP contribution >= 0.6 is 0 Å². The smallest absolute Gasteiger partial charge is 0.302 e. The second-order valence-corrected chi connectivity index (χ2v) is 5.97. The fourth-order valence-electron chi connectivity index (χ4n) is 3.84. The van der Waals surface area contributed by atoms with Crippen molar-refractivity contribution in [3.05, 3.63) is 0 Å². The van der Waals surface area contributed by atoms with Crippen LogP contribution in [0.15, 0.2) is 0 Å². The fourth-order valence-corrected chi connectivity index (χ4v) is 3.84. The number of carbonyl (C=O) groups excluding carboxylic acids is 2. The molecule has 0 spiro atoms. The molecule has 4 nitrogen and oxygen atoms in total. The molecule has 0 aromatic heterocycles. The van der Waals surface area contributed by atoms with Gasteiger partial charge in [-0.25, -0.2) is 0 Å². The molecule has 0 N–H and O–H groups in total. The van der Waals surface area contributed by atoms with Gasteiger partial charge in [-0.1, -0.05) is 6.92 Å². The van der Waals surface area contributed by atoms with E-state index in [1.54, 1.807) is 0 Å². The van der Waals surface area contributed by atoms with Crippen LogP contribution in [0.1, 0.15) is 40.0 Å². The molecule has 0 amide bonds. The summed E-state index contributed by atoms with van der Waals surface area (Å²) in [7, 11) is 0. The maximum atomic E-state index is 11.0. The van der Waals surface area contributed by atoms with Crippen molar-refractivity contribution in [3.63, 3.8) is 0 Å². The van der Waals surface area contributed by atoms with Crippen LogP contribution in [0.5, 0.6) is 0 Å². The second kappa shape index (κ2) is 4.90. The maximum absolute atomic E-state index is 11.0. The van der Waals surface area contributed by atoms with Gasteiger partial charge in [0, 0.05) is 25.2 Å². The SMILES string of the molecule is CC(=O)OC[C@@H]1[C@@H]2CC[C@@H](C2)[C@]1(C)COC(C)=O. The number of hydrogen-bond acceptors (Lipinski definition) is 4. The summed E-state index contributed by atoms with van der Waals surface area (Å²) < 4.78 is 10.4. The Morgan fingerprint density at radius 1 is 1.17 bits per heavy atom. The molecule has 2 aliphatic rings. The van der Waals surface area contributed by atoms with E-state index in [9.17, 15) is 9.59 Å². The van der Waals surface area contributed by atoms with E-state index in [2.05, 4.69) is 6.92 Å². The lowest BCUT2D eigenvalue weighted by Gasteiger charge is -2.40. The minimum atomic E-state index is -0.231. The van der Waals surface area contributed by atoms with E-state index in [0.29, 0.717) is 31.0 Å². The molecule has 2 bridgehead atoms. The first-order valence-electron chi connectivity index (χ1n) is 6.70. The highest BCUT2D eigenvalue weighted by atomic mass is 16.5. The van der Waals surface area contributed by atoms with E-state index in [1.165, 1.54) is 33.1 Å². The molecule has 2 aliphatic carbocycles. The number of fused-ring (bicyclic) bond motifs is 2. The minimum absolute atomic E-state index is 0.0238. The summed E-state index contributed by atoms with van der Waals surface area (Å²) in [6, 6.07) is 0. The van der Waals surface area contributed by atoms with Crippen molar-refractivity contribution in [2.45, 2.75) is 40.0 Å². The van der Waals surface area contributed by atoms with E-state index >= 15 is 0 Å². The molecular formula is C14H22O4. The summed E-state index contributed by atoms with van der Waals surface area (Å²) in [6.07, 6.45) is 3.61. The predicted octanol–water partition coefficient (Wildman–Crippen LogP) is 2.17. The standard InChI is InChI=1S/C14H22O4/c1-9(15)17-7-13-11-4-5-12(6-11)14(13,3)8-18-10(2)16/h11-13H,4-8H2,1-3H3/t11-,12+,13-,14+/m1/s1. The van der Waals surface area contributed by atoms with E-state index in [1.807, 2.05) is 0 Å². The summed E-state index contributed by atoms with van der Waals surface area (Å²) >= 11 is 0. The maximum Gasteiger partial charge on any atom is 0.302 e. The molecule has 2 fully saturated rings. The largest absolute Gasteiger partial charge is 0.466 e. The Hall–Kier alpha value is -1.06. The van der Waals surface area contributed by atoms with Crippen LogP contribution in [0.3, 0.4) is 0 Å². The predicted molar refractivity (Wildman–Crippen MR) is 65.7 cm³/mol. The molecule has 102 valence electrons. The molecule has 0 unspecified atom stereocenters. The van der Waals surface area contributed by atoms with Crippen molar-refractivity contribution in [2.24, 2.45) is 23.2 Å². The Morgan fingerprint density at radius 3 is 2.44 bits per heavy atom. The average molecular weight is 254 g/mol. The zero-order chi connectivity index (χ0) is 13.3. The molecule has 4 heteroatoms. The summed E-state index contributed by atoms with van der Waals surface area (Å²) in [6.45, 7) is 5.98. The van der Waals surface area contributed by atoms with Crippen LogP contribution in [0, 0.1) is 23.2 Å². The van der Waals surface area contributed by atoms with Crippen LogP contribution in [-0.4, -0.2) is 25.2 Å². The van der Waals surface area contributed by atoms with Crippen molar-refractivity contribution >= 4 is 11.9 Å². The molecule has 4 atom stereocenters. The van der Waals surface area contributed by atoms with Gasteiger partial charge in [-0.2, -0.15) is 0 Å². The molecule has 0 aromatic carbocycles. The highest BCUT2D eigenvalue weighted by Crippen LogP contribution is 2.59. The quantitative estimate of drug-likeness (QED) is 0.721. The van der Waals surface area contributed by atoms with Gasteiger partial charge in [-0.05, 0) is 31.1 Å².